The Morgan fingerprint density at radius 2 is 2.10 bits per heavy atom. The van der Waals surface area contributed by atoms with Crippen LogP contribution in [0, 0.1) is 13.8 Å². The van der Waals surface area contributed by atoms with Crippen LogP contribution in [0.1, 0.15) is 29.7 Å². The van der Waals surface area contributed by atoms with Crippen LogP contribution < -0.4 is 10.1 Å². The molecule has 0 aliphatic rings. The maximum absolute atomic E-state index is 11.9. The lowest BCUT2D eigenvalue weighted by Crippen LogP contribution is -2.31. The van der Waals surface area contributed by atoms with Crippen LogP contribution in [0.2, 0.25) is 0 Å². The standard InChI is InChI=1S/C17H20N2O2/c1-12-6-4-8-16(13(12)2)21-11-17(20)19-14(3)15-7-5-9-18-10-15/h4-10,14H,11H2,1-3H3,(H,19,20). The number of carbonyl (C=O) groups is 1. The number of carbonyl (C=O) groups excluding carboxylic acids is 1. The van der Waals surface area contributed by atoms with E-state index in [0.717, 1.165) is 22.4 Å². The summed E-state index contributed by atoms with van der Waals surface area (Å²) < 4.78 is 5.59. The summed E-state index contributed by atoms with van der Waals surface area (Å²) in [6, 6.07) is 9.52. The molecule has 1 amide bonds. The number of hydrogen-bond acceptors (Lipinski definition) is 3. The Morgan fingerprint density at radius 1 is 1.29 bits per heavy atom. The molecule has 0 bridgehead atoms. The molecule has 1 aromatic heterocycles. The van der Waals surface area contributed by atoms with E-state index in [1.165, 1.54) is 0 Å². The highest BCUT2D eigenvalue weighted by molar-refractivity contribution is 5.78. The van der Waals surface area contributed by atoms with Crippen molar-refractivity contribution in [1.82, 2.24) is 10.3 Å². The Labute approximate surface area is 125 Å². The molecule has 1 heterocycles. The average Bonchev–Trinajstić information content (AvgIpc) is 2.49. The smallest absolute Gasteiger partial charge is 0.258 e. The number of hydrogen-bond donors (Lipinski definition) is 1. The first kappa shape index (κ1) is 15.0. The third-order valence-electron chi connectivity index (χ3n) is 3.48. The summed E-state index contributed by atoms with van der Waals surface area (Å²) in [5.74, 6) is 0.603. The van der Waals surface area contributed by atoms with Crippen molar-refractivity contribution in [3.05, 3.63) is 59.4 Å². The summed E-state index contributed by atoms with van der Waals surface area (Å²) in [6.45, 7) is 5.94. The van der Waals surface area contributed by atoms with Crippen LogP contribution in [0.5, 0.6) is 5.75 Å². The fourth-order valence-corrected chi connectivity index (χ4v) is 2.02. The lowest BCUT2D eigenvalue weighted by molar-refractivity contribution is -0.123. The summed E-state index contributed by atoms with van der Waals surface area (Å²) in [6.07, 6.45) is 3.46. The second kappa shape index (κ2) is 6.88. The van der Waals surface area contributed by atoms with Crippen molar-refractivity contribution < 1.29 is 9.53 Å². The molecular weight excluding hydrogens is 264 g/mol. The van der Waals surface area contributed by atoms with Crippen LogP contribution in [0.25, 0.3) is 0 Å². The van der Waals surface area contributed by atoms with Gasteiger partial charge in [-0.25, -0.2) is 0 Å². The summed E-state index contributed by atoms with van der Waals surface area (Å²) in [5.41, 5.74) is 3.18. The van der Waals surface area contributed by atoms with Gasteiger partial charge in [0.1, 0.15) is 5.75 Å². The van der Waals surface area contributed by atoms with Gasteiger partial charge in [-0.1, -0.05) is 18.2 Å². The van der Waals surface area contributed by atoms with Crippen LogP contribution >= 0.6 is 0 Å². The van der Waals surface area contributed by atoms with Crippen LogP contribution in [0.4, 0.5) is 0 Å². The Balaban J connectivity index is 1.89. The topological polar surface area (TPSA) is 51.2 Å². The third-order valence-corrected chi connectivity index (χ3v) is 3.48. The predicted molar refractivity (Wildman–Crippen MR) is 82.2 cm³/mol. The highest BCUT2D eigenvalue weighted by Crippen LogP contribution is 2.20. The molecule has 0 spiro atoms. The molecule has 0 saturated heterocycles. The highest BCUT2D eigenvalue weighted by Gasteiger charge is 2.11. The van der Waals surface area contributed by atoms with Crippen molar-refractivity contribution in [3.63, 3.8) is 0 Å². The minimum Gasteiger partial charge on any atom is -0.483 e. The van der Waals surface area contributed by atoms with Gasteiger partial charge in [-0.2, -0.15) is 0 Å². The molecule has 0 aliphatic carbocycles. The molecule has 110 valence electrons. The van der Waals surface area contributed by atoms with E-state index in [-0.39, 0.29) is 18.6 Å². The SMILES string of the molecule is Cc1cccc(OCC(=O)NC(C)c2cccnc2)c1C. The fourth-order valence-electron chi connectivity index (χ4n) is 2.02. The Hall–Kier alpha value is -2.36. The minimum atomic E-state index is -0.146. The molecular formula is C17H20N2O2. The van der Waals surface area contributed by atoms with Gasteiger partial charge in [-0.3, -0.25) is 9.78 Å². The molecule has 2 rings (SSSR count). The van der Waals surface area contributed by atoms with Gasteiger partial charge in [0, 0.05) is 12.4 Å². The minimum absolute atomic E-state index is 0.00882. The molecule has 2 aromatic rings. The van der Waals surface area contributed by atoms with Crippen molar-refractivity contribution in [1.29, 1.82) is 0 Å². The van der Waals surface area contributed by atoms with Gasteiger partial charge in [0.15, 0.2) is 6.61 Å². The fraction of sp³-hybridized carbons (Fsp3) is 0.294. The largest absolute Gasteiger partial charge is 0.483 e. The third kappa shape index (κ3) is 4.05. The monoisotopic (exact) mass is 284 g/mol. The zero-order chi connectivity index (χ0) is 15.2. The first-order chi connectivity index (χ1) is 10.1. The maximum atomic E-state index is 11.9. The van der Waals surface area contributed by atoms with Crippen LogP contribution in [-0.2, 0) is 4.79 Å². The van der Waals surface area contributed by atoms with Crippen molar-refractivity contribution in [2.75, 3.05) is 6.61 Å². The number of benzene rings is 1. The molecule has 4 nitrogen and oxygen atoms in total. The highest BCUT2D eigenvalue weighted by atomic mass is 16.5. The molecule has 0 radical (unpaired) electrons. The average molecular weight is 284 g/mol. The van der Waals surface area contributed by atoms with E-state index in [1.807, 2.05) is 51.1 Å². The lowest BCUT2D eigenvalue weighted by atomic mass is 10.1. The van der Waals surface area contributed by atoms with Gasteiger partial charge in [0.2, 0.25) is 0 Å². The van der Waals surface area contributed by atoms with Crippen molar-refractivity contribution in [2.45, 2.75) is 26.8 Å². The van der Waals surface area contributed by atoms with Gasteiger partial charge >= 0.3 is 0 Å². The van der Waals surface area contributed by atoms with Crippen molar-refractivity contribution in [3.8, 4) is 5.75 Å². The van der Waals surface area contributed by atoms with E-state index in [4.69, 9.17) is 4.74 Å². The van der Waals surface area contributed by atoms with E-state index < -0.39 is 0 Å². The summed E-state index contributed by atoms with van der Waals surface area (Å²) in [4.78, 5) is 16.0. The summed E-state index contributed by atoms with van der Waals surface area (Å²) >= 11 is 0. The summed E-state index contributed by atoms with van der Waals surface area (Å²) in [5, 5.41) is 2.90. The quantitative estimate of drug-likeness (QED) is 0.918. The summed E-state index contributed by atoms with van der Waals surface area (Å²) in [7, 11) is 0. The maximum Gasteiger partial charge on any atom is 0.258 e. The molecule has 1 N–H and O–H groups in total. The molecule has 1 atom stereocenters. The molecule has 21 heavy (non-hydrogen) atoms. The first-order valence-corrected chi connectivity index (χ1v) is 6.96. The van der Waals surface area contributed by atoms with Crippen LogP contribution in [-0.4, -0.2) is 17.5 Å². The van der Waals surface area contributed by atoms with E-state index in [9.17, 15) is 4.79 Å². The predicted octanol–water partition coefficient (Wildman–Crippen LogP) is 2.95. The Bertz CT molecular complexity index is 611. The normalized spacial score (nSPS) is 11.8. The Morgan fingerprint density at radius 3 is 2.81 bits per heavy atom. The Kier molecular flexibility index (Phi) is 4.93. The van der Waals surface area contributed by atoms with Gasteiger partial charge in [-0.15, -0.1) is 0 Å². The molecule has 0 fully saturated rings. The van der Waals surface area contributed by atoms with Gasteiger partial charge in [0.25, 0.3) is 5.91 Å². The number of pyridine rings is 1. The van der Waals surface area contributed by atoms with Gasteiger partial charge in [0.05, 0.1) is 6.04 Å². The van der Waals surface area contributed by atoms with E-state index >= 15 is 0 Å². The first-order valence-electron chi connectivity index (χ1n) is 6.96. The van der Waals surface area contributed by atoms with E-state index in [0.29, 0.717) is 0 Å². The van der Waals surface area contributed by atoms with Crippen molar-refractivity contribution in [2.24, 2.45) is 0 Å². The molecule has 0 aliphatic heterocycles. The number of nitrogens with one attached hydrogen (secondary N) is 1. The second-order valence-corrected chi connectivity index (χ2v) is 5.06. The van der Waals surface area contributed by atoms with Crippen LogP contribution in [0.3, 0.4) is 0 Å². The number of rotatable bonds is 5. The molecule has 4 heteroatoms. The molecule has 1 aromatic carbocycles. The number of aromatic nitrogens is 1. The zero-order valence-electron chi connectivity index (χ0n) is 12.6. The van der Waals surface area contributed by atoms with Gasteiger partial charge in [-0.05, 0) is 49.6 Å². The number of aryl methyl sites for hydroxylation is 1. The number of ether oxygens (including phenoxy) is 1. The van der Waals surface area contributed by atoms with Gasteiger partial charge < -0.3 is 10.1 Å². The van der Waals surface area contributed by atoms with Crippen molar-refractivity contribution >= 4 is 5.91 Å². The van der Waals surface area contributed by atoms with Crippen LogP contribution in [0.15, 0.2) is 42.7 Å². The zero-order valence-corrected chi connectivity index (χ0v) is 12.6. The lowest BCUT2D eigenvalue weighted by Gasteiger charge is -2.15. The molecule has 0 saturated carbocycles. The second-order valence-electron chi connectivity index (χ2n) is 5.06. The molecule has 1 unspecified atom stereocenters. The van der Waals surface area contributed by atoms with E-state index in [1.54, 1.807) is 12.4 Å². The number of nitrogens with zero attached hydrogens (tertiary/aromatic N) is 1. The number of amides is 1. The van der Waals surface area contributed by atoms with E-state index in [2.05, 4.69) is 10.3 Å².